The highest BCUT2D eigenvalue weighted by Crippen LogP contribution is 2.42. The average Bonchev–Trinajstić information content (AvgIpc) is 2.18. The molecule has 1 aliphatic carbocycles. The second kappa shape index (κ2) is 5.41. The zero-order valence-corrected chi connectivity index (χ0v) is 10.4. The first-order valence-corrected chi connectivity index (χ1v) is 5.46. The molecule has 1 fully saturated rings. The molecule has 100 valence electrons. The number of halogens is 1. The van der Waals surface area contributed by atoms with E-state index in [1.165, 1.54) is 12.1 Å². The van der Waals surface area contributed by atoms with E-state index < -0.39 is 22.1 Å². The number of phenolic OH excluding ortho intramolecular Hbond substituents is 2. The van der Waals surface area contributed by atoms with Gasteiger partial charge in [0.1, 0.15) is 0 Å². The molecule has 0 spiro atoms. The summed E-state index contributed by atoms with van der Waals surface area (Å²) in [4.78, 5) is 9.97. The molecule has 0 radical (unpaired) electrons. The highest BCUT2D eigenvalue weighted by Gasteiger charge is 2.28. The second-order valence-electron chi connectivity index (χ2n) is 4.38. The Kier molecular flexibility index (Phi) is 4.37. The van der Waals surface area contributed by atoms with Gasteiger partial charge in [0.25, 0.3) is 0 Å². The maximum Gasteiger partial charge on any atom is 0.314 e. The minimum Gasteiger partial charge on any atom is -0.504 e. The van der Waals surface area contributed by atoms with Crippen molar-refractivity contribution in [2.45, 2.75) is 25.3 Å². The molecule has 7 heteroatoms. The van der Waals surface area contributed by atoms with Gasteiger partial charge in [-0.3, -0.25) is 10.1 Å². The monoisotopic (exact) mass is 274 g/mol. The molecule has 1 saturated carbocycles. The van der Waals surface area contributed by atoms with Crippen molar-refractivity contribution in [1.29, 1.82) is 0 Å². The van der Waals surface area contributed by atoms with Gasteiger partial charge in [0, 0.05) is 12.1 Å². The predicted molar refractivity (Wildman–Crippen MR) is 67.9 cm³/mol. The summed E-state index contributed by atoms with van der Waals surface area (Å²) in [5.41, 5.74) is 5.97. The summed E-state index contributed by atoms with van der Waals surface area (Å²) in [5.74, 6) is -0.901. The molecule has 18 heavy (non-hydrogen) atoms. The lowest BCUT2D eigenvalue weighted by atomic mass is 9.77. The topological polar surface area (TPSA) is 110 Å². The highest BCUT2D eigenvalue weighted by molar-refractivity contribution is 5.85. The first-order valence-electron chi connectivity index (χ1n) is 5.46. The van der Waals surface area contributed by atoms with Gasteiger partial charge in [-0.2, -0.15) is 0 Å². The van der Waals surface area contributed by atoms with Gasteiger partial charge in [-0.15, -0.1) is 12.4 Å². The van der Waals surface area contributed by atoms with Crippen molar-refractivity contribution >= 4 is 18.1 Å². The second-order valence-corrected chi connectivity index (χ2v) is 4.38. The van der Waals surface area contributed by atoms with E-state index in [9.17, 15) is 20.3 Å². The van der Waals surface area contributed by atoms with Gasteiger partial charge in [-0.1, -0.05) is 6.42 Å². The smallest absolute Gasteiger partial charge is 0.314 e. The molecule has 0 bridgehead atoms. The lowest BCUT2D eigenvalue weighted by Crippen LogP contribution is -2.26. The third-order valence-electron chi connectivity index (χ3n) is 3.33. The number of phenols is 2. The maximum absolute atomic E-state index is 10.7. The molecule has 0 amide bonds. The normalized spacial score (nSPS) is 16.5. The zero-order valence-electron chi connectivity index (χ0n) is 9.57. The van der Waals surface area contributed by atoms with Crippen LogP contribution in [0.5, 0.6) is 11.5 Å². The van der Waals surface area contributed by atoms with E-state index in [1.807, 2.05) is 0 Å². The zero-order chi connectivity index (χ0) is 12.6. The van der Waals surface area contributed by atoms with Gasteiger partial charge in [-0.05, 0) is 30.4 Å². The van der Waals surface area contributed by atoms with Crippen LogP contribution < -0.4 is 5.73 Å². The summed E-state index contributed by atoms with van der Waals surface area (Å²) in [6, 6.07) is 2.21. The summed E-state index contributed by atoms with van der Waals surface area (Å²) in [6.45, 7) is 0. The van der Waals surface area contributed by atoms with E-state index in [0.29, 0.717) is 11.5 Å². The quantitative estimate of drug-likeness (QED) is 0.445. The third-order valence-corrected chi connectivity index (χ3v) is 3.33. The van der Waals surface area contributed by atoms with E-state index in [0.717, 1.165) is 19.3 Å². The van der Waals surface area contributed by atoms with Gasteiger partial charge in [-0.25, -0.2) is 0 Å². The summed E-state index contributed by atoms with van der Waals surface area (Å²) in [7, 11) is 0. The molecule has 2 rings (SSSR count). The van der Waals surface area contributed by atoms with Crippen LogP contribution in [0.15, 0.2) is 12.1 Å². The Balaban J connectivity index is 0.00000162. The molecule has 0 aromatic heterocycles. The number of nitro groups is 1. The van der Waals surface area contributed by atoms with Crippen LogP contribution >= 0.6 is 12.4 Å². The Morgan fingerprint density at radius 1 is 1.39 bits per heavy atom. The van der Waals surface area contributed by atoms with Crippen molar-refractivity contribution in [3.8, 4) is 11.5 Å². The Bertz CT molecular complexity index is 463. The number of hydrogen-bond donors (Lipinski definition) is 3. The maximum atomic E-state index is 10.7. The molecule has 1 aromatic rings. The molecular weight excluding hydrogens is 260 g/mol. The van der Waals surface area contributed by atoms with Crippen LogP contribution in [-0.4, -0.2) is 15.1 Å². The van der Waals surface area contributed by atoms with Crippen LogP contribution in [0, 0.1) is 16.0 Å². The summed E-state index contributed by atoms with van der Waals surface area (Å²) in [5, 5.41) is 29.5. The lowest BCUT2D eigenvalue weighted by Gasteiger charge is -2.31. The molecular formula is C11H15ClN2O4. The minimum absolute atomic E-state index is 0. The van der Waals surface area contributed by atoms with Crippen LogP contribution in [0.3, 0.4) is 0 Å². The van der Waals surface area contributed by atoms with Gasteiger partial charge in [0.05, 0.1) is 4.92 Å². The number of hydrogen-bond acceptors (Lipinski definition) is 5. The van der Waals surface area contributed by atoms with Gasteiger partial charge in [0.2, 0.25) is 5.75 Å². The molecule has 0 unspecified atom stereocenters. The van der Waals surface area contributed by atoms with Crippen molar-refractivity contribution in [3.05, 3.63) is 27.8 Å². The van der Waals surface area contributed by atoms with Gasteiger partial charge in [0.15, 0.2) is 5.75 Å². The number of nitrogens with two attached hydrogens (primary N) is 1. The molecule has 6 nitrogen and oxygen atoms in total. The molecule has 4 N–H and O–H groups in total. The SMILES string of the molecule is Cl.N[C@@H](c1cc(O)c(O)c([N+](=O)[O-])c1)C1CCC1. The predicted octanol–water partition coefficient (Wildman–Crippen LogP) is 2.23. The summed E-state index contributed by atoms with van der Waals surface area (Å²) in [6.07, 6.45) is 3.11. The Hall–Kier alpha value is -1.53. The van der Waals surface area contributed by atoms with Crippen molar-refractivity contribution < 1.29 is 15.1 Å². The number of aromatic hydroxyl groups is 2. The third kappa shape index (κ3) is 2.49. The molecule has 0 heterocycles. The van der Waals surface area contributed by atoms with E-state index in [-0.39, 0.29) is 18.4 Å². The van der Waals surface area contributed by atoms with E-state index >= 15 is 0 Å². The van der Waals surface area contributed by atoms with Crippen LogP contribution in [0.4, 0.5) is 5.69 Å². The van der Waals surface area contributed by atoms with Crippen molar-refractivity contribution in [2.24, 2.45) is 11.7 Å². The van der Waals surface area contributed by atoms with Gasteiger partial charge < -0.3 is 15.9 Å². The first kappa shape index (κ1) is 14.5. The fraction of sp³-hybridized carbons (Fsp3) is 0.455. The Labute approximate surface area is 110 Å². The number of rotatable bonds is 3. The summed E-state index contributed by atoms with van der Waals surface area (Å²) >= 11 is 0. The van der Waals surface area contributed by atoms with Gasteiger partial charge >= 0.3 is 5.69 Å². The highest BCUT2D eigenvalue weighted by atomic mass is 35.5. The van der Waals surface area contributed by atoms with Crippen LogP contribution in [0.25, 0.3) is 0 Å². The fourth-order valence-corrected chi connectivity index (χ4v) is 2.03. The van der Waals surface area contributed by atoms with E-state index in [4.69, 9.17) is 5.73 Å². The molecule has 1 aliphatic rings. The van der Waals surface area contributed by atoms with Crippen molar-refractivity contribution in [1.82, 2.24) is 0 Å². The minimum atomic E-state index is -0.730. The average molecular weight is 275 g/mol. The molecule has 0 aliphatic heterocycles. The van der Waals surface area contributed by atoms with E-state index in [1.54, 1.807) is 0 Å². The van der Waals surface area contributed by atoms with Crippen LogP contribution in [0.2, 0.25) is 0 Å². The van der Waals surface area contributed by atoms with Crippen molar-refractivity contribution in [2.75, 3.05) is 0 Å². The standard InChI is InChI=1S/C11H14N2O4.ClH/c12-10(6-2-1-3-6)7-4-8(13(16)17)11(15)9(14)5-7;/h4-6,10,14-15H,1-3,12H2;1H/t10-;/m1./s1. The fourth-order valence-electron chi connectivity index (χ4n) is 2.03. The van der Waals surface area contributed by atoms with Crippen molar-refractivity contribution in [3.63, 3.8) is 0 Å². The largest absolute Gasteiger partial charge is 0.504 e. The number of nitro benzene ring substituents is 1. The molecule has 1 aromatic carbocycles. The lowest BCUT2D eigenvalue weighted by molar-refractivity contribution is -0.386. The van der Waals surface area contributed by atoms with Crippen LogP contribution in [0.1, 0.15) is 30.9 Å². The molecule has 1 atom stereocenters. The number of benzene rings is 1. The Morgan fingerprint density at radius 2 is 2.00 bits per heavy atom. The molecule has 0 saturated heterocycles. The number of nitrogens with zero attached hydrogens (tertiary/aromatic N) is 1. The Morgan fingerprint density at radius 3 is 2.44 bits per heavy atom. The van der Waals surface area contributed by atoms with Crippen LogP contribution in [-0.2, 0) is 0 Å². The van der Waals surface area contributed by atoms with E-state index in [2.05, 4.69) is 0 Å². The first-order chi connectivity index (χ1) is 8.00. The summed E-state index contributed by atoms with van der Waals surface area (Å²) < 4.78 is 0.